The third-order valence-electron chi connectivity index (χ3n) is 4.54. The Morgan fingerprint density at radius 1 is 1.35 bits per heavy atom. The SMILES string of the molecule is Cc1ccc(S(=O)(=O)N2CCO[C@@H](C[C@H](C)N(C)C)C2)c(C)c1. The van der Waals surface area contributed by atoms with Crippen molar-refractivity contribution in [1.29, 1.82) is 0 Å². The molecule has 6 heteroatoms. The predicted molar refractivity (Wildman–Crippen MR) is 92.2 cm³/mol. The van der Waals surface area contributed by atoms with Crippen LogP contribution in [0.1, 0.15) is 24.5 Å². The highest BCUT2D eigenvalue weighted by molar-refractivity contribution is 7.89. The van der Waals surface area contributed by atoms with Crippen LogP contribution >= 0.6 is 0 Å². The molecule has 23 heavy (non-hydrogen) atoms. The number of ether oxygens (including phenoxy) is 1. The van der Waals surface area contributed by atoms with Gasteiger partial charge in [0.25, 0.3) is 0 Å². The van der Waals surface area contributed by atoms with E-state index in [2.05, 4.69) is 11.8 Å². The van der Waals surface area contributed by atoms with E-state index in [9.17, 15) is 8.42 Å². The van der Waals surface area contributed by atoms with Crippen molar-refractivity contribution in [2.75, 3.05) is 33.8 Å². The molecule has 1 heterocycles. The van der Waals surface area contributed by atoms with Crippen LogP contribution in [0, 0.1) is 13.8 Å². The van der Waals surface area contributed by atoms with Crippen LogP contribution in [0.15, 0.2) is 23.1 Å². The molecule has 2 rings (SSSR count). The van der Waals surface area contributed by atoms with Crippen molar-refractivity contribution in [2.24, 2.45) is 0 Å². The summed E-state index contributed by atoms with van der Waals surface area (Å²) in [7, 11) is 0.592. The van der Waals surface area contributed by atoms with Crippen molar-refractivity contribution >= 4 is 10.0 Å². The summed E-state index contributed by atoms with van der Waals surface area (Å²) < 4.78 is 33.2. The van der Waals surface area contributed by atoms with Gasteiger partial charge in [0.05, 0.1) is 17.6 Å². The first-order valence-corrected chi connectivity index (χ1v) is 9.51. The summed E-state index contributed by atoms with van der Waals surface area (Å²) in [5.41, 5.74) is 1.87. The highest BCUT2D eigenvalue weighted by atomic mass is 32.2. The Labute approximate surface area is 140 Å². The Morgan fingerprint density at radius 3 is 2.65 bits per heavy atom. The van der Waals surface area contributed by atoms with Gasteiger partial charge in [0.1, 0.15) is 0 Å². The van der Waals surface area contributed by atoms with Crippen LogP contribution in [0.3, 0.4) is 0 Å². The highest BCUT2D eigenvalue weighted by Gasteiger charge is 2.32. The van der Waals surface area contributed by atoms with Gasteiger partial charge in [-0.1, -0.05) is 17.7 Å². The second kappa shape index (κ2) is 7.30. The zero-order valence-corrected chi connectivity index (χ0v) is 15.6. The second-order valence-corrected chi connectivity index (χ2v) is 8.58. The standard InChI is InChI=1S/C17H28N2O3S/c1-13-6-7-17(14(2)10-13)23(20,21)19-8-9-22-16(12-19)11-15(3)18(4)5/h6-7,10,15-16H,8-9,11-12H2,1-5H3/t15-,16-/m0/s1. The molecule has 130 valence electrons. The van der Waals surface area contributed by atoms with Crippen LogP contribution < -0.4 is 0 Å². The molecule has 5 nitrogen and oxygen atoms in total. The summed E-state index contributed by atoms with van der Waals surface area (Å²) in [6.07, 6.45) is 0.771. The van der Waals surface area contributed by atoms with Gasteiger partial charge in [-0.3, -0.25) is 0 Å². The van der Waals surface area contributed by atoms with E-state index in [0.717, 1.165) is 17.5 Å². The van der Waals surface area contributed by atoms with Gasteiger partial charge in [-0.2, -0.15) is 4.31 Å². The fraction of sp³-hybridized carbons (Fsp3) is 0.647. The van der Waals surface area contributed by atoms with Crippen molar-refractivity contribution in [1.82, 2.24) is 9.21 Å². The molecule has 1 saturated heterocycles. The lowest BCUT2D eigenvalue weighted by Crippen LogP contribution is -2.47. The molecular weight excluding hydrogens is 312 g/mol. The Morgan fingerprint density at radius 2 is 2.04 bits per heavy atom. The van der Waals surface area contributed by atoms with Crippen LogP contribution in [-0.4, -0.2) is 63.6 Å². The first kappa shape index (κ1) is 18.4. The van der Waals surface area contributed by atoms with Gasteiger partial charge in [0.15, 0.2) is 0 Å². The van der Waals surface area contributed by atoms with Gasteiger partial charge in [0, 0.05) is 19.1 Å². The minimum absolute atomic E-state index is 0.0540. The largest absolute Gasteiger partial charge is 0.375 e. The second-order valence-electron chi connectivity index (χ2n) is 6.67. The molecule has 0 bridgehead atoms. The Kier molecular flexibility index (Phi) is 5.84. The number of aryl methyl sites for hydroxylation is 2. The van der Waals surface area contributed by atoms with E-state index in [1.54, 1.807) is 10.4 Å². The molecule has 0 N–H and O–H groups in total. The molecule has 1 aliphatic rings. The fourth-order valence-electron chi connectivity index (χ4n) is 2.87. The number of hydrogen-bond donors (Lipinski definition) is 0. The van der Waals surface area contributed by atoms with E-state index in [4.69, 9.17) is 4.74 Å². The molecule has 0 aliphatic carbocycles. The molecule has 2 atom stereocenters. The van der Waals surface area contributed by atoms with E-state index >= 15 is 0 Å². The van der Waals surface area contributed by atoms with Crippen molar-refractivity contribution in [3.05, 3.63) is 29.3 Å². The topological polar surface area (TPSA) is 49.9 Å². The molecule has 0 radical (unpaired) electrons. The molecule has 0 spiro atoms. The van der Waals surface area contributed by atoms with Crippen molar-refractivity contribution in [3.8, 4) is 0 Å². The first-order valence-electron chi connectivity index (χ1n) is 8.07. The first-order chi connectivity index (χ1) is 10.7. The van der Waals surface area contributed by atoms with Gasteiger partial charge in [0.2, 0.25) is 10.0 Å². The average molecular weight is 340 g/mol. The van der Waals surface area contributed by atoms with Gasteiger partial charge in [-0.05, 0) is 52.9 Å². The van der Waals surface area contributed by atoms with Crippen LogP contribution in [0.4, 0.5) is 0 Å². The van der Waals surface area contributed by atoms with E-state index in [-0.39, 0.29) is 6.10 Å². The quantitative estimate of drug-likeness (QED) is 0.823. The van der Waals surface area contributed by atoms with Crippen LogP contribution in [0.25, 0.3) is 0 Å². The minimum atomic E-state index is -3.46. The predicted octanol–water partition coefficient (Wildman–Crippen LogP) is 2.03. The maximum atomic E-state index is 12.9. The monoisotopic (exact) mass is 340 g/mol. The third-order valence-corrected chi connectivity index (χ3v) is 6.56. The van der Waals surface area contributed by atoms with Crippen molar-refractivity contribution < 1.29 is 13.2 Å². The number of morpholine rings is 1. The van der Waals surface area contributed by atoms with E-state index < -0.39 is 10.0 Å². The number of nitrogens with zero attached hydrogens (tertiary/aromatic N) is 2. The lowest BCUT2D eigenvalue weighted by Gasteiger charge is -2.34. The molecule has 1 aromatic carbocycles. The molecule has 0 unspecified atom stereocenters. The molecule has 0 saturated carbocycles. The smallest absolute Gasteiger partial charge is 0.243 e. The summed E-state index contributed by atoms with van der Waals surface area (Å²) in [5.74, 6) is 0. The molecule has 1 fully saturated rings. The average Bonchev–Trinajstić information content (AvgIpc) is 2.47. The van der Waals surface area contributed by atoms with Crippen molar-refractivity contribution in [3.63, 3.8) is 0 Å². The van der Waals surface area contributed by atoms with E-state index in [1.165, 1.54) is 0 Å². The molecule has 1 aliphatic heterocycles. The normalized spacial score (nSPS) is 21.6. The van der Waals surface area contributed by atoms with E-state index in [1.807, 2.05) is 40.1 Å². The Hall–Kier alpha value is -0.950. The molecule has 0 amide bonds. The van der Waals surface area contributed by atoms with Crippen LogP contribution in [0.5, 0.6) is 0 Å². The lowest BCUT2D eigenvalue weighted by atomic mass is 10.1. The summed E-state index contributed by atoms with van der Waals surface area (Å²) in [5, 5.41) is 0. The van der Waals surface area contributed by atoms with Gasteiger partial charge in [-0.25, -0.2) is 8.42 Å². The zero-order valence-electron chi connectivity index (χ0n) is 14.7. The summed E-state index contributed by atoms with van der Waals surface area (Å²) in [6.45, 7) is 7.24. The molecular formula is C17H28N2O3S. The zero-order chi connectivity index (χ0) is 17.2. The number of benzene rings is 1. The van der Waals surface area contributed by atoms with E-state index in [0.29, 0.717) is 30.6 Å². The van der Waals surface area contributed by atoms with Crippen LogP contribution in [0.2, 0.25) is 0 Å². The molecule has 1 aromatic rings. The number of rotatable bonds is 5. The fourth-order valence-corrected chi connectivity index (χ4v) is 4.53. The maximum Gasteiger partial charge on any atom is 0.243 e. The third kappa shape index (κ3) is 4.32. The Balaban J connectivity index is 2.16. The summed E-state index contributed by atoms with van der Waals surface area (Å²) >= 11 is 0. The van der Waals surface area contributed by atoms with Gasteiger partial charge < -0.3 is 9.64 Å². The Bertz CT molecular complexity index is 643. The highest BCUT2D eigenvalue weighted by Crippen LogP contribution is 2.24. The molecule has 0 aromatic heterocycles. The maximum absolute atomic E-state index is 12.9. The summed E-state index contributed by atoms with van der Waals surface area (Å²) in [6, 6.07) is 5.83. The summed E-state index contributed by atoms with van der Waals surface area (Å²) in [4.78, 5) is 2.53. The lowest BCUT2D eigenvalue weighted by molar-refractivity contribution is -0.0156. The van der Waals surface area contributed by atoms with Gasteiger partial charge in [-0.15, -0.1) is 0 Å². The minimum Gasteiger partial charge on any atom is -0.375 e. The van der Waals surface area contributed by atoms with Gasteiger partial charge >= 0.3 is 0 Å². The number of sulfonamides is 1. The van der Waals surface area contributed by atoms with Crippen molar-refractivity contribution in [2.45, 2.75) is 44.2 Å². The van der Waals surface area contributed by atoms with Crippen LogP contribution in [-0.2, 0) is 14.8 Å². The number of hydrogen-bond acceptors (Lipinski definition) is 4.